The Kier molecular flexibility index (Phi) is 4.76. The normalized spacial score (nSPS) is 19.9. The highest BCUT2D eigenvalue weighted by Crippen LogP contribution is 2.38. The highest BCUT2D eigenvalue weighted by molar-refractivity contribution is 7.89. The molecule has 10 heteroatoms. The van der Waals surface area contributed by atoms with E-state index in [4.69, 9.17) is 13.9 Å². The highest BCUT2D eigenvalue weighted by Gasteiger charge is 2.38. The van der Waals surface area contributed by atoms with Gasteiger partial charge in [0.25, 0.3) is 5.89 Å². The molecule has 2 aliphatic heterocycles. The van der Waals surface area contributed by atoms with E-state index >= 15 is 0 Å². The molecule has 0 bridgehead atoms. The van der Waals surface area contributed by atoms with Crippen molar-refractivity contribution in [1.82, 2.24) is 14.5 Å². The first kappa shape index (κ1) is 18.6. The van der Waals surface area contributed by atoms with Crippen molar-refractivity contribution in [1.29, 1.82) is 0 Å². The Bertz CT molecular complexity index is 1110. The van der Waals surface area contributed by atoms with Gasteiger partial charge >= 0.3 is 0 Å². The van der Waals surface area contributed by atoms with Gasteiger partial charge < -0.3 is 13.9 Å². The van der Waals surface area contributed by atoms with Crippen LogP contribution in [-0.2, 0) is 10.0 Å². The Hall–Kier alpha value is -2.43. The van der Waals surface area contributed by atoms with E-state index in [1.807, 2.05) is 17.5 Å². The minimum Gasteiger partial charge on any atom is -0.486 e. The minimum absolute atomic E-state index is 0.173. The highest BCUT2D eigenvalue weighted by atomic mass is 32.2. The predicted octanol–water partition coefficient (Wildman–Crippen LogP) is 3.49. The first-order valence-corrected chi connectivity index (χ1v) is 11.7. The van der Waals surface area contributed by atoms with Crippen molar-refractivity contribution in [2.24, 2.45) is 0 Å². The number of fused-ring (bicyclic) bond motifs is 1. The molecule has 1 atom stereocenters. The molecule has 1 fully saturated rings. The van der Waals surface area contributed by atoms with Gasteiger partial charge in [0.2, 0.25) is 15.9 Å². The fourth-order valence-electron chi connectivity index (χ4n) is 3.63. The topological polar surface area (TPSA) is 94.8 Å². The molecule has 1 aromatic carbocycles. The van der Waals surface area contributed by atoms with Crippen LogP contribution in [-0.4, -0.2) is 42.7 Å². The second-order valence-electron chi connectivity index (χ2n) is 6.86. The van der Waals surface area contributed by atoms with Gasteiger partial charge in [-0.1, -0.05) is 12.5 Å². The van der Waals surface area contributed by atoms with Gasteiger partial charge in [0, 0.05) is 12.6 Å². The second kappa shape index (κ2) is 7.43. The summed E-state index contributed by atoms with van der Waals surface area (Å²) in [5.41, 5.74) is 0. The summed E-state index contributed by atoms with van der Waals surface area (Å²) in [7, 11) is -3.76. The zero-order valence-corrected chi connectivity index (χ0v) is 17.1. The molecule has 0 saturated carbocycles. The third kappa shape index (κ3) is 3.41. The molecule has 0 spiro atoms. The number of sulfonamides is 1. The average Bonchev–Trinajstić information content (AvgIpc) is 3.45. The van der Waals surface area contributed by atoms with Gasteiger partial charge in [-0.3, -0.25) is 0 Å². The number of ether oxygens (including phenoxy) is 2. The lowest BCUT2D eigenvalue weighted by Crippen LogP contribution is -2.38. The van der Waals surface area contributed by atoms with Crippen molar-refractivity contribution in [3.8, 4) is 22.3 Å². The maximum absolute atomic E-state index is 13.4. The summed E-state index contributed by atoms with van der Waals surface area (Å²) in [5.74, 6) is 1.75. The summed E-state index contributed by atoms with van der Waals surface area (Å²) in [4.78, 5) is 1.03. The Morgan fingerprint density at radius 2 is 1.93 bits per heavy atom. The molecule has 152 valence electrons. The van der Waals surface area contributed by atoms with Crippen LogP contribution in [0.5, 0.6) is 11.5 Å². The molecule has 0 radical (unpaired) electrons. The lowest BCUT2D eigenvalue weighted by molar-refractivity contribution is 0.171. The monoisotopic (exact) mass is 433 g/mol. The molecule has 5 rings (SSSR count). The van der Waals surface area contributed by atoms with E-state index in [-0.39, 0.29) is 4.90 Å². The van der Waals surface area contributed by atoms with Crippen LogP contribution >= 0.6 is 11.3 Å². The van der Waals surface area contributed by atoms with E-state index in [0.29, 0.717) is 49.5 Å². The molecule has 4 heterocycles. The van der Waals surface area contributed by atoms with Crippen molar-refractivity contribution in [3.63, 3.8) is 0 Å². The molecule has 1 saturated heterocycles. The van der Waals surface area contributed by atoms with Crippen LogP contribution in [0.3, 0.4) is 0 Å². The molecule has 0 N–H and O–H groups in total. The Morgan fingerprint density at radius 1 is 1.07 bits per heavy atom. The maximum atomic E-state index is 13.4. The average molecular weight is 434 g/mol. The smallest absolute Gasteiger partial charge is 0.257 e. The number of hydrogen-bond donors (Lipinski definition) is 0. The minimum atomic E-state index is -3.76. The molecule has 2 aliphatic rings. The van der Waals surface area contributed by atoms with Gasteiger partial charge in [0.1, 0.15) is 19.3 Å². The predicted molar refractivity (Wildman–Crippen MR) is 106 cm³/mol. The first-order chi connectivity index (χ1) is 14.1. The molecule has 8 nitrogen and oxygen atoms in total. The van der Waals surface area contributed by atoms with E-state index in [9.17, 15) is 8.42 Å². The first-order valence-electron chi connectivity index (χ1n) is 9.42. The molecule has 2 aromatic heterocycles. The number of rotatable bonds is 4. The van der Waals surface area contributed by atoms with Gasteiger partial charge in [-0.25, -0.2) is 8.42 Å². The molecule has 3 aromatic rings. The third-order valence-electron chi connectivity index (χ3n) is 5.03. The van der Waals surface area contributed by atoms with Gasteiger partial charge in [0.15, 0.2) is 11.5 Å². The third-order valence-corrected chi connectivity index (χ3v) is 7.79. The number of thiophene rings is 1. The van der Waals surface area contributed by atoms with Crippen molar-refractivity contribution in [3.05, 3.63) is 41.6 Å². The Morgan fingerprint density at radius 3 is 2.76 bits per heavy atom. The van der Waals surface area contributed by atoms with Gasteiger partial charge in [0.05, 0.1) is 9.77 Å². The fourth-order valence-corrected chi connectivity index (χ4v) is 5.94. The number of benzene rings is 1. The van der Waals surface area contributed by atoms with Crippen molar-refractivity contribution in [2.45, 2.75) is 30.2 Å². The van der Waals surface area contributed by atoms with Gasteiger partial charge in [-0.2, -0.15) is 4.31 Å². The van der Waals surface area contributed by atoms with Crippen molar-refractivity contribution < 1.29 is 22.3 Å². The lowest BCUT2D eigenvalue weighted by Gasteiger charge is -2.32. The van der Waals surface area contributed by atoms with Crippen LogP contribution < -0.4 is 9.47 Å². The van der Waals surface area contributed by atoms with Gasteiger partial charge in [-0.05, 0) is 36.4 Å². The standard InChI is InChI=1S/C19H19N3O5S2/c23-29(24,13-6-7-15-16(12-13)26-10-9-25-15)22-8-2-1-4-14(22)18-20-21-19(27-18)17-5-3-11-28-17/h3,5-7,11-12,14H,1-2,4,8-10H2. The fraction of sp³-hybridized carbons (Fsp3) is 0.368. The van der Waals surface area contributed by atoms with Crippen molar-refractivity contribution >= 4 is 21.4 Å². The number of aromatic nitrogens is 2. The maximum Gasteiger partial charge on any atom is 0.257 e. The van der Waals surface area contributed by atoms with E-state index in [1.54, 1.807) is 12.1 Å². The van der Waals surface area contributed by atoms with Crippen LogP contribution in [0, 0.1) is 0 Å². The number of hydrogen-bond acceptors (Lipinski definition) is 8. The van der Waals surface area contributed by atoms with Crippen LogP contribution in [0.1, 0.15) is 31.2 Å². The Balaban J connectivity index is 1.48. The summed E-state index contributed by atoms with van der Waals surface area (Å²) in [6, 6.07) is 8.04. The SMILES string of the molecule is O=S(=O)(c1ccc2c(c1)OCCO2)N1CCCCC1c1nnc(-c2cccs2)o1. The molecule has 1 unspecified atom stereocenters. The largest absolute Gasteiger partial charge is 0.486 e. The van der Waals surface area contributed by atoms with Crippen LogP contribution in [0.2, 0.25) is 0 Å². The Labute approximate surface area is 172 Å². The molecule has 0 amide bonds. The molecular formula is C19H19N3O5S2. The van der Waals surface area contributed by atoms with E-state index < -0.39 is 16.1 Å². The summed E-state index contributed by atoms with van der Waals surface area (Å²) >= 11 is 1.50. The zero-order valence-electron chi connectivity index (χ0n) is 15.5. The summed E-state index contributed by atoms with van der Waals surface area (Å²) in [6.07, 6.45) is 2.32. The summed E-state index contributed by atoms with van der Waals surface area (Å²) in [5, 5.41) is 10.2. The number of nitrogens with zero attached hydrogens (tertiary/aromatic N) is 3. The van der Waals surface area contributed by atoms with E-state index in [2.05, 4.69) is 10.2 Å². The summed E-state index contributed by atoms with van der Waals surface area (Å²) < 4.78 is 45.2. The number of piperidine rings is 1. The molecule has 29 heavy (non-hydrogen) atoms. The molecular weight excluding hydrogens is 414 g/mol. The zero-order chi connectivity index (χ0) is 19.8. The van der Waals surface area contributed by atoms with Crippen LogP contribution in [0.25, 0.3) is 10.8 Å². The van der Waals surface area contributed by atoms with Gasteiger partial charge in [-0.15, -0.1) is 21.5 Å². The van der Waals surface area contributed by atoms with E-state index in [0.717, 1.165) is 17.7 Å². The quantitative estimate of drug-likeness (QED) is 0.622. The lowest BCUT2D eigenvalue weighted by atomic mass is 10.1. The summed E-state index contributed by atoms with van der Waals surface area (Å²) in [6.45, 7) is 1.26. The second-order valence-corrected chi connectivity index (χ2v) is 9.69. The van der Waals surface area contributed by atoms with Crippen LogP contribution in [0.15, 0.2) is 45.0 Å². The van der Waals surface area contributed by atoms with E-state index in [1.165, 1.54) is 21.7 Å². The molecule has 0 aliphatic carbocycles. The van der Waals surface area contributed by atoms with Crippen molar-refractivity contribution in [2.75, 3.05) is 19.8 Å². The van der Waals surface area contributed by atoms with Crippen LogP contribution in [0.4, 0.5) is 0 Å².